The van der Waals surface area contributed by atoms with Gasteiger partial charge in [0.25, 0.3) is 0 Å². The maximum absolute atomic E-state index is 6.16. The zero-order valence-corrected chi connectivity index (χ0v) is 13.2. The van der Waals surface area contributed by atoms with E-state index in [2.05, 4.69) is 38.2 Å². The maximum atomic E-state index is 6.16. The number of halogens is 1. The van der Waals surface area contributed by atoms with Gasteiger partial charge in [-0.25, -0.2) is 0 Å². The monoisotopic (exact) mass is 285 g/mol. The molecule has 1 aromatic rings. The van der Waals surface area contributed by atoms with Crippen molar-refractivity contribution in [3.05, 3.63) is 34.9 Å². The van der Waals surface area contributed by atoms with Gasteiger partial charge in [0.2, 0.25) is 0 Å². The number of rotatable bonds is 8. The molecule has 1 rings (SSSR count). The third-order valence-electron chi connectivity index (χ3n) is 2.97. The molecule has 0 radical (unpaired) electrons. The normalized spacial score (nSPS) is 12.9. The largest absolute Gasteiger partial charge is 0.313 e. The summed E-state index contributed by atoms with van der Waals surface area (Å²) in [6.07, 6.45) is 1.19. The van der Waals surface area contributed by atoms with Crippen molar-refractivity contribution in [2.45, 2.75) is 39.0 Å². The third kappa shape index (κ3) is 5.64. The van der Waals surface area contributed by atoms with Gasteiger partial charge in [-0.15, -0.1) is 0 Å². The summed E-state index contributed by atoms with van der Waals surface area (Å²) in [7, 11) is 0. The van der Waals surface area contributed by atoms with Crippen LogP contribution >= 0.6 is 23.4 Å². The van der Waals surface area contributed by atoms with Crippen molar-refractivity contribution in [3.8, 4) is 0 Å². The van der Waals surface area contributed by atoms with Crippen molar-refractivity contribution < 1.29 is 0 Å². The highest BCUT2D eigenvalue weighted by molar-refractivity contribution is 7.98. The summed E-state index contributed by atoms with van der Waals surface area (Å²) >= 11 is 8.12. The van der Waals surface area contributed by atoms with Gasteiger partial charge in [-0.05, 0) is 30.5 Å². The standard InChI is InChI=1S/C15H24ClNS/c1-4-9-17-15(12(2)3)11-18-10-13-7-5-6-8-14(13)16/h5-8,12,15,17H,4,9-11H2,1-3H3. The Labute approximate surface area is 121 Å². The van der Waals surface area contributed by atoms with Gasteiger partial charge >= 0.3 is 0 Å². The van der Waals surface area contributed by atoms with Gasteiger partial charge in [0.15, 0.2) is 0 Å². The van der Waals surface area contributed by atoms with Gasteiger partial charge < -0.3 is 5.32 Å². The molecular weight excluding hydrogens is 262 g/mol. The summed E-state index contributed by atoms with van der Waals surface area (Å²) in [5, 5.41) is 4.50. The Balaban J connectivity index is 2.36. The molecule has 0 aromatic heterocycles. The zero-order chi connectivity index (χ0) is 13.4. The van der Waals surface area contributed by atoms with Gasteiger partial charge in [0, 0.05) is 22.6 Å². The van der Waals surface area contributed by atoms with Crippen LogP contribution in [0.2, 0.25) is 5.02 Å². The molecule has 0 bridgehead atoms. The first-order valence-electron chi connectivity index (χ1n) is 6.69. The van der Waals surface area contributed by atoms with E-state index in [4.69, 9.17) is 11.6 Å². The molecule has 1 N–H and O–H groups in total. The highest BCUT2D eigenvalue weighted by atomic mass is 35.5. The van der Waals surface area contributed by atoms with Crippen LogP contribution in [0.15, 0.2) is 24.3 Å². The van der Waals surface area contributed by atoms with Crippen LogP contribution in [0.5, 0.6) is 0 Å². The molecule has 1 atom stereocenters. The third-order valence-corrected chi connectivity index (χ3v) is 4.45. The number of thioether (sulfide) groups is 1. The van der Waals surface area contributed by atoms with Crippen LogP contribution in [0.3, 0.4) is 0 Å². The number of hydrogen-bond acceptors (Lipinski definition) is 2. The lowest BCUT2D eigenvalue weighted by atomic mass is 10.1. The molecule has 18 heavy (non-hydrogen) atoms. The van der Waals surface area contributed by atoms with Crippen molar-refractivity contribution >= 4 is 23.4 Å². The van der Waals surface area contributed by atoms with Crippen molar-refractivity contribution in [3.63, 3.8) is 0 Å². The second-order valence-corrected chi connectivity index (χ2v) is 6.35. The molecule has 0 saturated heterocycles. The van der Waals surface area contributed by atoms with E-state index in [-0.39, 0.29) is 0 Å². The van der Waals surface area contributed by atoms with E-state index in [9.17, 15) is 0 Å². The molecular formula is C15H24ClNS. The van der Waals surface area contributed by atoms with Crippen LogP contribution in [0.4, 0.5) is 0 Å². The Bertz CT molecular complexity index is 341. The summed E-state index contributed by atoms with van der Waals surface area (Å²) in [5.74, 6) is 2.81. The van der Waals surface area contributed by atoms with Gasteiger partial charge in [-0.3, -0.25) is 0 Å². The molecule has 0 amide bonds. The fourth-order valence-corrected chi connectivity index (χ4v) is 3.36. The lowest BCUT2D eigenvalue weighted by molar-refractivity contribution is 0.434. The fourth-order valence-electron chi connectivity index (χ4n) is 1.73. The minimum absolute atomic E-state index is 0.595. The SMILES string of the molecule is CCCNC(CSCc1ccccc1Cl)C(C)C. The van der Waals surface area contributed by atoms with Gasteiger partial charge in [-0.2, -0.15) is 11.8 Å². The van der Waals surface area contributed by atoms with E-state index >= 15 is 0 Å². The number of benzene rings is 1. The van der Waals surface area contributed by atoms with E-state index in [1.165, 1.54) is 12.0 Å². The van der Waals surface area contributed by atoms with E-state index in [1.807, 2.05) is 23.9 Å². The van der Waals surface area contributed by atoms with Crippen molar-refractivity contribution in [1.82, 2.24) is 5.32 Å². The van der Waals surface area contributed by atoms with Crippen LogP contribution in [-0.2, 0) is 5.75 Å². The van der Waals surface area contributed by atoms with E-state index in [0.29, 0.717) is 12.0 Å². The first kappa shape index (κ1) is 15.9. The summed E-state index contributed by atoms with van der Waals surface area (Å²) in [5.41, 5.74) is 1.24. The highest BCUT2D eigenvalue weighted by Gasteiger charge is 2.12. The number of hydrogen-bond donors (Lipinski definition) is 1. The summed E-state index contributed by atoms with van der Waals surface area (Å²) < 4.78 is 0. The molecule has 102 valence electrons. The lowest BCUT2D eigenvalue weighted by Gasteiger charge is -2.22. The summed E-state index contributed by atoms with van der Waals surface area (Å²) in [6.45, 7) is 7.88. The predicted octanol–water partition coefficient (Wildman–Crippen LogP) is 4.60. The smallest absolute Gasteiger partial charge is 0.0446 e. The highest BCUT2D eigenvalue weighted by Crippen LogP contribution is 2.22. The molecule has 0 fully saturated rings. The van der Waals surface area contributed by atoms with Crippen molar-refractivity contribution in [1.29, 1.82) is 0 Å². The molecule has 1 unspecified atom stereocenters. The molecule has 0 heterocycles. The average molecular weight is 286 g/mol. The van der Waals surface area contributed by atoms with Gasteiger partial charge in [0.1, 0.15) is 0 Å². The molecule has 1 nitrogen and oxygen atoms in total. The first-order chi connectivity index (χ1) is 8.65. The molecule has 0 aliphatic carbocycles. The van der Waals surface area contributed by atoms with E-state index in [1.54, 1.807) is 0 Å². The van der Waals surface area contributed by atoms with Crippen LogP contribution in [0, 0.1) is 5.92 Å². The maximum Gasteiger partial charge on any atom is 0.0446 e. The Kier molecular flexibility index (Phi) is 7.80. The Morgan fingerprint density at radius 2 is 2.00 bits per heavy atom. The van der Waals surface area contributed by atoms with Gasteiger partial charge in [-0.1, -0.05) is 50.6 Å². The molecule has 0 saturated carbocycles. The second-order valence-electron chi connectivity index (χ2n) is 4.91. The Hall–Kier alpha value is -0.180. The minimum atomic E-state index is 0.595. The average Bonchev–Trinajstić information content (AvgIpc) is 2.35. The van der Waals surface area contributed by atoms with E-state index in [0.717, 1.165) is 23.1 Å². The lowest BCUT2D eigenvalue weighted by Crippen LogP contribution is -2.36. The summed E-state index contributed by atoms with van der Waals surface area (Å²) in [4.78, 5) is 0. The molecule has 3 heteroatoms. The first-order valence-corrected chi connectivity index (χ1v) is 8.23. The summed E-state index contributed by atoms with van der Waals surface area (Å²) in [6, 6.07) is 8.71. The topological polar surface area (TPSA) is 12.0 Å². The molecule has 1 aromatic carbocycles. The Morgan fingerprint density at radius 1 is 1.28 bits per heavy atom. The van der Waals surface area contributed by atoms with Crippen molar-refractivity contribution in [2.24, 2.45) is 5.92 Å². The predicted molar refractivity (Wildman–Crippen MR) is 84.5 cm³/mol. The molecule has 0 aliphatic heterocycles. The minimum Gasteiger partial charge on any atom is -0.313 e. The van der Waals surface area contributed by atoms with Gasteiger partial charge in [0.05, 0.1) is 0 Å². The second kappa shape index (κ2) is 8.84. The molecule has 0 aliphatic rings. The van der Waals surface area contributed by atoms with E-state index < -0.39 is 0 Å². The zero-order valence-electron chi connectivity index (χ0n) is 11.6. The number of nitrogens with one attached hydrogen (secondary N) is 1. The quantitative estimate of drug-likeness (QED) is 0.749. The van der Waals surface area contributed by atoms with Crippen LogP contribution < -0.4 is 5.32 Å². The fraction of sp³-hybridized carbons (Fsp3) is 0.600. The molecule has 0 spiro atoms. The van der Waals surface area contributed by atoms with Crippen LogP contribution in [0.25, 0.3) is 0 Å². The van der Waals surface area contributed by atoms with Crippen LogP contribution in [-0.4, -0.2) is 18.3 Å². The Morgan fingerprint density at radius 3 is 2.61 bits per heavy atom. The van der Waals surface area contributed by atoms with Crippen molar-refractivity contribution in [2.75, 3.05) is 12.3 Å². The van der Waals surface area contributed by atoms with Crippen LogP contribution in [0.1, 0.15) is 32.8 Å².